The summed E-state index contributed by atoms with van der Waals surface area (Å²) in [5, 5.41) is 39.1. The molecule has 1 amide bonds. The molecule has 202 valence electrons. The van der Waals surface area contributed by atoms with Gasteiger partial charge in [-0.3, -0.25) is 9.36 Å². The number of aromatic nitrogens is 3. The van der Waals surface area contributed by atoms with Crippen LogP contribution < -0.4 is 4.90 Å². The Morgan fingerprint density at radius 1 is 0.846 bits per heavy atom. The summed E-state index contributed by atoms with van der Waals surface area (Å²) in [6, 6.07) is 14.3. The SMILES string of the molecule is Cc1cc(N2CCN(C(=O)c3ccc(-n4cnnc4-c4cc(C(C)C)c(O)cc4O)cc3)CC2)cc(C)c1O. The van der Waals surface area contributed by atoms with Crippen LogP contribution in [0.1, 0.15) is 46.8 Å². The van der Waals surface area contributed by atoms with E-state index >= 15 is 0 Å². The third-order valence-electron chi connectivity index (χ3n) is 7.36. The zero-order valence-corrected chi connectivity index (χ0v) is 22.6. The molecule has 9 heteroatoms. The van der Waals surface area contributed by atoms with Gasteiger partial charge in [-0.05, 0) is 78.9 Å². The van der Waals surface area contributed by atoms with Crippen molar-refractivity contribution in [3.63, 3.8) is 0 Å². The van der Waals surface area contributed by atoms with E-state index in [1.54, 1.807) is 29.1 Å². The minimum atomic E-state index is -0.0882. The Morgan fingerprint density at radius 3 is 2.10 bits per heavy atom. The van der Waals surface area contributed by atoms with Gasteiger partial charge in [-0.2, -0.15) is 0 Å². The summed E-state index contributed by atoms with van der Waals surface area (Å²) in [6.07, 6.45) is 1.56. The molecule has 1 fully saturated rings. The lowest BCUT2D eigenvalue weighted by molar-refractivity contribution is 0.0747. The minimum absolute atomic E-state index is 0.0269. The van der Waals surface area contributed by atoms with Crippen molar-refractivity contribution in [2.75, 3.05) is 31.1 Å². The van der Waals surface area contributed by atoms with E-state index in [0.29, 0.717) is 54.4 Å². The van der Waals surface area contributed by atoms with Gasteiger partial charge in [0.25, 0.3) is 5.91 Å². The molecule has 1 aromatic heterocycles. The number of amides is 1. The molecule has 5 rings (SSSR count). The monoisotopic (exact) mass is 527 g/mol. The van der Waals surface area contributed by atoms with Gasteiger partial charge in [0, 0.05) is 49.2 Å². The van der Waals surface area contributed by atoms with Crippen molar-refractivity contribution in [1.29, 1.82) is 0 Å². The smallest absolute Gasteiger partial charge is 0.253 e. The maximum Gasteiger partial charge on any atom is 0.253 e. The number of piperazine rings is 1. The normalized spacial score (nSPS) is 13.8. The molecule has 9 nitrogen and oxygen atoms in total. The number of phenols is 3. The van der Waals surface area contributed by atoms with Crippen LogP contribution in [0.5, 0.6) is 17.2 Å². The highest BCUT2D eigenvalue weighted by Gasteiger charge is 2.24. The molecule has 0 atom stereocenters. The van der Waals surface area contributed by atoms with E-state index in [9.17, 15) is 20.1 Å². The number of hydrogen-bond acceptors (Lipinski definition) is 7. The van der Waals surface area contributed by atoms with Gasteiger partial charge >= 0.3 is 0 Å². The molecule has 3 aromatic carbocycles. The van der Waals surface area contributed by atoms with Gasteiger partial charge in [-0.25, -0.2) is 0 Å². The zero-order chi connectivity index (χ0) is 27.8. The number of hydrogen-bond donors (Lipinski definition) is 3. The van der Waals surface area contributed by atoms with Crippen LogP contribution in [0, 0.1) is 13.8 Å². The van der Waals surface area contributed by atoms with Crippen LogP contribution in [-0.2, 0) is 0 Å². The average Bonchev–Trinajstić information content (AvgIpc) is 3.41. The fourth-order valence-corrected chi connectivity index (χ4v) is 5.07. The van der Waals surface area contributed by atoms with Crippen LogP contribution in [0.25, 0.3) is 17.1 Å². The lowest BCUT2D eigenvalue weighted by Gasteiger charge is -2.36. The fourth-order valence-electron chi connectivity index (χ4n) is 5.07. The van der Waals surface area contributed by atoms with Crippen LogP contribution in [-0.4, -0.2) is 67.1 Å². The van der Waals surface area contributed by atoms with E-state index in [0.717, 1.165) is 22.5 Å². The Balaban J connectivity index is 1.31. The van der Waals surface area contributed by atoms with Crippen molar-refractivity contribution in [1.82, 2.24) is 19.7 Å². The van der Waals surface area contributed by atoms with Crippen molar-refractivity contribution in [2.45, 2.75) is 33.6 Å². The quantitative estimate of drug-likeness (QED) is 0.343. The Kier molecular flexibility index (Phi) is 6.91. The minimum Gasteiger partial charge on any atom is -0.508 e. The first-order valence-electron chi connectivity index (χ1n) is 13.0. The second kappa shape index (κ2) is 10.3. The summed E-state index contributed by atoms with van der Waals surface area (Å²) >= 11 is 0. The highest BCUT2D eigenvalue weighted by atomic mass is 16.3. The summed E-state index contributed by atoms with van der Waals surface area (Å²) in [7, 11) is 0. The molecule has 1 saturated heterocycles. The zero-order valence-electron chi connectivity index (χ0n) is 22.6. The van der Waals surface area contributed by atoms with Gasteiger partial charge in [0.1, 0.15) is 23.6 Å². The molecule has 0 aliphatic carbocycles. The molecule has 4 aromatic rings. The molecule has 0 bridgehead atoms. The third kappa shape index (κ3) is 4.99. The van der Waals surface area contributed by atoms with Crippen LogP contribution in [0.15, 0.2) is 54.9 Å². The molecule has 1 aliphatic heterocycles. The standard InChI is InChI=1S/C30H33N5O4/c1-18(2)24-15-25(27(37)16-26(24)36)29-32-31-17-35(29)22-7-5-21(6-8-22)30(39)34-11-9-33(10-12-34)23-13-19(3)28(38)20(4)14-23/h5-8,13-18,36-38H,9-12H2,1-4H3. The van der Waals surface area contributed by atoms with Crippen LogP contribution in [0.3, 0.4) is 0 Å². The number of anilines is 1. The van der Waals surface area contributed by atoms with Crippen LogP contribution >= 0.6 is 0 Å². The highest BCUT2D eigenvalue weighted by molar-refractivity contribution is 5.94. The number of benzene rings is 3. The first kappa shape index (κ1) is 26.1. The van der Waals surface area contributed by atoms with Crippen molar-refractivity contribution in [2.24, 2.45) is 0 Å². The lowest BCUT2D eigenvalue weighted by atomic mass is 9.98. The van der Waals surface area contributed by atoms with Crippen molar-refractivity contribution < 1.29 is 20.1 Å². The average molecular weight is 528 g/mol. The predicted molar refractivity (Wildman–Crippen MR) is 150 cm³/mol. The summed E-state index contributed by atoms with van der Waals surface area (Å²) in [6.45, 7) is 10.4. The Bertz CT molecular complexity index is 1500. The molecule has 3 N–H and O–H groups in total. The first-order valence-corrected chi connectivity index (χ1v) is 13.0. The van der Waals surface area contributed by atoms with Gasteiger partial charge in [-0.15, -0.1) is 10.2 Å². The van der Waals surface area contributed by atoms with Crippen LogP contribution in [0.2, 0.25) is 0 Å². The number of aryl methyl sites for hydroxylation is 2. The fraction of sp³-hybridized carbons (Fsp3) is 0.300. The van der Waals surface area contributed by atoms with Gasteiger partial charge in [0.2, 0.25) is 0 Å². The molecule has 2 heterocycles. The number of rotatable bonds is 5. The maximum absolute atomic E-state index is 13.2. The molecular formula is C30H33N5O4. The number of carbonyl (C=O) groups excluding carboxylic acids is 1. The second-order valence-corrected chi connectivity index (χ2v) is 10.4. The topological polar surface area (TPSA) is 115 Å². The van der Waals surface area contributed by atoms with E-state index in [1.165, 1.54) is 6.07 Å². The molecule has 0 spiro atoms. The molecule has 39 heavy (non-hydrogen) atoms. The second-order valence-electron chi connectivity index (χ2n) is 10.4. The molecule has 1 aliphatic rings. The van der Waals surface area contributed by atoms with Gasteiger partial charge < -0.3 is 25.1 Å². The van der Waals surface area contributed by atoms with E-state index in [1.807, 2.05) is 56.9 Å². The summed E-state index contributed by atoms with van der Waals surface area (Å²) < 4.78 is 1.74. The van der Waals surface area contributed by atoms with E-state index < -0.39 is 0 Å². The van der Waals surface area contributed by atoms with Crippen LogP contribution in [0.4, 0.5) is 5.69 Å². The Labute approximate surface area is 227 Å². The Hall–Kier alpha value is -4.53. The molecule has 0 radical (unpaired) electrons. The Morgan fingerprint density at radius 2 is 1.49 bits per heavy atom. The maximum atomic E-state index is 13.2. The molecule has 0 unspecified atom stereocenters. The number of nitrogens with zero attached hydrogens (tertiary/aromatic N) is 5. The highest BCUT2D eigenvalue weighted by Crippen LogP contribution is 2.37. The lowest BCUT2D eigenvalue weighted by Crippen LogP contribution is -2.48. The largest absolute Gasteiger partial charge is 0.508 e. The molecular weight excluding hydrogens is 494 g/mol. The number of aromatic hydroxyl groups is 3. The van der Waals surface area contributed by atoms with E-state index in [-0.39, 0.29) is 23.3 Å². The van der Waals surface area contributed by atoms with Gasteiger partial charge in [-0.1, -0.05) is 13.8 Å². The number of phenolic OH excluding ortho intramolecular Hbond substituents is 3. The summed E-state index contributed by atoms with van der Waals surface area (Å²) in [5.41, 5.74) is 5.26. The third-order valence-corrected chi connectivity index (χ3v) is 7.36. The van der Waals surface area contributed by atoms with E-state index in [4.69, 9.17) is 0 Å². The van der Waals surface area contributed by atoms with Gasteiger partial charge in [0.05, 0.1) is 5.56 Å². The predicted octanol–water partition coefficient (Wildman–Crippen LogP) is 4.75. The van der Waals surface area contributed by atoms with E-state index in [2.05, 4.69) is 15.1 Å². The summed E-state index contributed by atoms with van der Waals surface area (Å²) in [5.74, 6) is 0.742. The summed E-state index contributed by atoms with van der Waals surface area (Å²) in [4.78, 5) is 17.3. The van der Waals surface area contributed by atoms with Crippen molar-refractivity contribution >= 4 is 11.6 Å². The van der Waals surface area contributed by atoms with Crippen molar-refractivity contribution in [3.05, 3.63) is 77.1 Å². The number of carbonyl (C=O) groups is 1. The first-order chi connectivity index (χ1) is 18.6. The van der Waals surface area contributed by atoms with Gasteiger partial charge in [0.15, 0.2) is 5.82 Å². The molecule has 0 saturated carbocycles. The van der Waals surface area contributed by atoms with Crippen molar-refractivity contribution in [3.8, 4) is 34.3 Å².